The van der Waals surface area contributed by atoms with Gasteiger partial charge in [-0.3, -0.25) is 4.72 Å². The van der Waals surface area contributed by atoms with Gasteiger partial charge in [0.15, 0.2) is 0 Å². The minimum Gasteiger partial charge on any atom is -0.284 e. The van der Waals surface area contributed by atoms with Crippen molar-refractivity contribution in [3.8, 4) is 0 Å². The average molecular weight is 332 g/mol. The van der Waals surface area contributed by atoms with Gasteiger partial charge >= 0.3 is 6.18 Å². The zero-order valence-corrected chi connectivity index (χ0v) is 11.1. The molecular weight excluding hydrogens is 323 g/mol. The summed E-state index contributed by atoms with van der Waals surface area (Å²) in [7, 11) is -3.58. The standard InChI is InChI=1S/C9H9BrF3NO2S/c1-2-17(15,16)14-6-3-4-8(10)7(5-6)9(11,12)13/h3-5,14H,2H2,1H3. The molecule has 1 rings (SSSR count). The average Bonchev–Trinajstić information content (AvgIpc) is 2.19. The van der Waals surface area contributed by atoms with Crippen LogP contribution in [0.5, 0.6) is 0 Å². The molecule has 0 heterocycles. The maximum atomic E-state index is 12.5. The Morgan fingerprint density at radius 1 is 1.35 bits per heavy atom. The third kappa shape index (κ3) is 3.88. The first-order valence-electron chi connectivity index (χ1n) is 4.53. The molecule has 0 spiro atoms. The van der Waals surface area contributed by atoms with E-state index in [2.05, 4.69) is 20.7 Å². The van der Waals surface area contributed by atoms with Crippen molar-refractivity contribution in [1.29, 1.82) is 0 Å². The monoisotopic (exact) mass is 331 g/mol. The molecule has 0 aliphatic carbocycles. The molecule has 1 aromatic carbocycles. The summed E-state index contributed by atoms with van der Waals surface area (Å²) in [5.74, 6) is -0.204. The summed E-state index contributed by atoms with van der Waals surface area (Å²) in [6.45, 7) is 1.39. The van der Waals surface area contributed by atoms with Gasteiger partial charge in [0.1, 0.15) is 0 Å². The van der Waals surface area contributed by atoms with Gasteiger partial charge in [-0.2, -0.15) is 13.2 Å². The van der Waals surface area contributed by atoms with Gasteiger partial charge in [0.05, 0.1) is 11.3 Å². The van der Waals surface area contributed by atoms with Gasteiger partial charge in [-0.1, -0.05) is 15.9 Å². The summed E-state index contributed by atoms with van der Waals surface area (Å²) in [5, 5.41) is 0. The number of halogens is 4. The fraction of sp³-hybridized carbons (Fsp3) is 0.333. The Morgan fingerprint density at radius 3 is 2.41 bits per heavy atom. The van der Waals surface area contributed by atoms with Gasteiger partial charge < -0.3 is 0 Å². The van der Waals surface area contributed by atoms with E-state index in [-0.39, 0.29) is 15.9 Å². The first-order chi connectivity index (χ1) is 7.65. The molecule has 8 heteroatoms. The Bertz CT molecular complexity index is 513. The molecule has 0 aliphatic heterocycles. The van der Waals surface area contributed by atoms with Gasteiger partial charge in [-0.05, 0) is 25.1 Å². The van der Waals surface area contributed by atoms with Crippen molar-refractivity contribution in [2.45, 2.75) is 13.1 Å². The highest BCUT2D eigenvalue weighted by Crippen LogP contribution is 2.36. The third-order valence-electron chi connectivity index (χ3n) is 1.93. The number of benzene rings is 1. The van der Waals surface area contributed by atoms with Crippen LogP contribution >= 0.6 is 15.9 Å². The highest BCUT2D eigenvalue weighted by Gasteiger charge is 2.33. The molecule has 0 fully saturated rings. The van der Waals surface area contributed by atoms with Crippen molar-refractivity contribution < 1.29 is 21.6 Å². The van der Waals surface area contributed by atoms with E-state index in [1.165, 1.54) is 13.0 Å². The number of anilines is 1. The predicted octanol–water partition coefficient (Wildman–Crippen LogP) is 3.23. The third-order valence-corrected chi connectivity index (χ3v) is 3.92. The van der Waals surface area contributed by atoms with Crippen molar-refractivity contribution in [3.05, 3.63) is 28.2 Å². The molecule has 1 N–H and O–H groups in total. The molecule has 17 heavy (non-hydrogen) atoms. The lowest BCUT2D eigenvalue weighted by Gasteiger charge is -2.12. The largest absolute Gasteiger partial charge is 0.417 e. The highest BCUT2D eigenvalue weighted by molar-refractivity contribution is 9.10. The minimum absolute atomic E-state index is 0.109. The minimum atomic E-state index is -4.54. The molecule has 0 aliphatic rings. The Labute approximate surface area is 105 Å². The van der Waals surface area contributed by atoms with Crippen LogP contribution in [-0.4, -0.2) is 14.2 Å². The first kappa shape index (κ1) is 14.3. The number of nitrogens with one attached hydrogen (secondary N) is 1. The Kier molecular flexibility index (Phi) is 4.08. The van der Waals surface area contributed by atoms with Crippen LogP contribution in [0.4, 0.5) is 18.9 Å². The molecule has 0 radical (unpaired) electrons. The molecule has 0 unspecified atom stereocenters. The van der Waals surface area contributed by atoms with Crippen LogP contribution in [0.3, 0.4) is 0 Å². The Morgan fingerprint density at radius 2 is 1.94 bits per heavy atom. The van der Waals surface area contributed by atoms with E-state index < -0.39 is 21.8 Å². The topological polar surface area (TPSA) is 46.2 Å². The predicted molar refractivity (Wildman–Crippen MR) is 62.2 cm³/mol. The van der Waals surface area contributed by atoms with Crippen molar-refractivity contribution in [2.24, 2.45) is 0 Å². The van der Waals surface area contributed by atoms with Crippen LogP contribution in [0.1, 0.15) is 12.5 Å². The molecule has 1 aromatic rings. The van der Waals surface area contributed by atoms with Crippen LogP contribution in [-0.2, 0) is 16.2 Å². The molecule has 0 amide bonds. The van der Waals surface area contributed by atoms with Crippen molar-refractivity contribution >= 4 is 31.6 Å². The quantitative estimate of drug-likeness (QED) is 0.924. The summed E-state index contributed by atoms with van der Waals surface area (Å²) < 4.78 is 62.0. The maximum Gasteiger partial charge on any atom is 0.417 e. The lowest BCUT2D eigenvalue weighted by atomic mass is 10.2. The SMILES string of the molecule is CCS(=O)(=O)Nc1ccc(Br)c(C(F)(F)F)c1. The summed E-state index contributed by atoms with van der Waals surface area (Å²) in [6.07, 6.45) is -4.54. The molecular formula is C9H9BrF3NO2S. The lowest BCUT2D eigenvalue weighted by molar-refractivity contribution is -0.138. The van der Waals surface area contributed by atoms with E-state index >= 15 is 0 Å². The molecule has 0 atom stereocenters. The summed E-state index contributed by atoms with van der Waals surface area (Å²) >= 11 is 2.77. The highest BCUT2D eigenvalue weighted by atomic mass is 79.9. The number of rotatable bonds is 3. The molecule has 0 saturated carbocycles. The molecule has 0 aromatic heterocycles. The number of hydrogen-bond acceptors (Lipinski definition) is 2. The van der Waals surface area contributed by atoms with Crippen LogP contribution in [0.2, 0.25) is 0 Å². The summed E-state index contributed by atoms with van der Waals surface area (Å²) in [4.78, 5) is 0. The number of sulfonamides is 1. The lowest BCUT2D eigenvalue weighted by Crippen LogP contribution is -2.15. The van der Waals surface area contributed by atoms with Gasteiger partial charge in [0.25, 0.3) is 0 Å². The van der Waals surface area contributed by atoms with Gasteiger partial charge in [0.2, 0.25) is 10.0 Å². The van der Waals surface area contributed by atoms with Crippen molar-refractivity contribution in [3.63, 3.8) is 0 Å². The van der Waals surface area contributed by atoms with Crippen molar-refractivity contribution in [2.75, 3.05) is 10.5 Å². The zero-order chi connectivity index (χ0) is 13.3. The molecule has 0 saturated heterocycles. The van der Waals surface area contributed by atoms with Crippen molar-refractivity contribution in [1.82, 2.24) is 0 Å². The Hall–Kier alpha value is -0.760. The maximum absolute atomic E-state index is 12.5. The van der Waals surface area contributed by atoms with Crippen LogP contribution in [0.25, 0.3) is 0 Å². The number of hydrogen-bond donors (Lipinski definition) is 1. The van der Waals surface area contributed by atoms with E-state index in [4.69, 9.17) is 0 Å². The van der Waals surface area contributed by atoms with E-state index in [1.54, 1.807) is 0 Å². The number of alkyl halides is 3. The second-order valence-electron chi connectivity index (χ2n) is 3.20. The molecule has 0 bridgehead atoms. The summed E-state index contributed by atoms with van der Waals surface area (Å²) in [5.41, 5.74) is -1.03. The van der Waals surface area contributed by atoms with E-state index in [9.17, 15) is 21.6 Å². The first-order valence-corrected chi connectivity index (χ1v) is 6.97. The van der Waals surface area contributed by atoms with Crippen LogP contribution in [0.15, 0.2) is 22.7 Å². The van der Waals surface area contributed by atoms with Gasteiger partial charge in [-0.15, -0.1) is 0 Å². The zero-order valence-electron chi connectivity index (χ0n) is 8.68. The van der Waals surface area contributed by atoms with E-state index in [1.807, 2.05) is 0 Å². The molecule has 3 nitrogen and oxygen atoms in total. The van der Waals surface area contributed by atoms with E-state index in [0.717, 1.165) is 12.1 Å². The van der Waals surface area contributed by atoms with E-state index in [0.29, 0.717) is 0 Å². The fourth-order valence-corrected chi connectivity index (χ4v) is 2.16. The van der Waals surface area contributed by atoms with Gasteiger partial charge in [0, 0.05) is 10.2 Å². The normalized spacial score (nSPS) is 12.5. The van der Waals surface area contributed by atoms with Crippen LogP contribution < -0.4 is 4.72 Å². The van der Waals surface area contributed by atoms with Crippen LogP contribution in [0, 0.1) is 0 Å². The smallest absolute Gasteiger partial charge is 0.284 e. The second-order valence-corrected chi connectivity index (χ2v) is 6.06. The summed E-state index contributed by atoms with van der Waals surface area (Å²) in [6, 6.07) is 3.15. The second kappa shape index (κ2) is 4.85. The fourth-order valence-electron chi connectivity index (χ4n) is 1.06. The Balaban J connectivity index is 3.14. The van der Waals surface area contributed by atoms with Gasteiger partial charge in [-0.25, -0.2) is 8.42 Å². The molecule has 96 valence electrons.